The van der Waals surface area contributed by atoms with Crippen molar-refractivity contribution in [1.82, 2.24) is 4.98 Å². The number of nitrogens with zero attached hydrogens (tertiary/aromatic N) is 1. The maximum atomic E-state index is 4.73. The van der Waals surface area contributed by atoms with Crippen molar-refractivity contribution in [1.29, 1.82) is 0 Å². The van der Waals surface area contributed by atoms with E-state index in [9.17, 15) is 0 Å². The van der Waals surface area contributed by atoms with Crippen molar-refractivity contribution in [2.45, 2.75) is 44.9 Å². The molecule has 0 bridgehead atoms. The van der Waals surface area contributed by atoms with E-state index in [-0.39, 0.29) is 0 Å². The van der Waals surface area contributed by atoms with E-state index < -0.39 is 0 Å². The lowest BCUT2D eigenvalue weighted by molar-refractivity contribution is 0.444. The molecule has 3 aromatic rings. The number of hydrogen-bond acceptors (Lipinski definition) is 1. The van der Waals surface area contributed by atoms with Crippen molar-refractivity contribution in [3.05, 3.63) is 78.0 Å². The lowest BCUT2D eigenvalue weighted by atomic mass is 9.83. The van der Waals surface area contributed by atoms with Crippen molar-refractivity contribution in [2.75, 3.05) is 0 Å². The first-order chi connectivity index (χ1) is 12.3. The van der Waals surface area contributed by atoms with E-state index in [0.29, 0.717) is 0 Å². The molecule has 0 saturated heterocycles. The Morgan fingerprint density at radius 3 is 2.40 bits per heavy atom. The van der Waals surface area contributed by atoms with Gasteiger partial charge in [0, 0.05) is 17.3 Å². The van der Waals surface area contributed by atoms with Crippen LogP contribution in [0.5, 0.6) is 0 Å². The SMILES string of the molecule is Cc1ccccc1-c1ccc(-c2cccc(C3CCCCC3)c2)cn1. The first-order valence-electron chi connectivity index (χ1n) is 9.44. The summed E-state index contributed by atoms with van der Waals surface area (Å²) in [5.41, 5.74) is 7.51. The molecule has 0 atom stereocenters. The molecule has 25 heavy (non-hydrogen) atoms. The second-order valence-corrected chi connectivity index (χ2v) is 7.21. The van der Waals surface area contributed by atoms with Crippen LogP contribution < -0.4 is 0 Å². The number of benzene rings is 2. The van der Waals surface area contributed by atoms with Crippen LogP contribution >= 0.6 is 0 Å². The maximum Gasteiger partial charge on any atom is 0.0705 e. The summed E-state index contributed by atoms with van der Waals surface area (Å²) < 4.78 is 0. The van der Waals surface area contributed by atoms with Gasteiger partial charge in [-0.1, -0.05) is 73.9 Å². The Morgan fingerprint density at radius 2 is 1.64 bits per heavy atom. The molecule has 0 amide bonds. The largest absolute Gasteiger partial charge is 0.256 e. The van der Waals surface area contributed by atoms with E-state index in [1.54, 1.807) is 0 Å². The van der Waals surface area contributed by atoms with E-state index in [0.717, 1.165) is 11.6 Å². The van der Waals surface area contributed by atoms with Gasteiger partial charge in [-0.3, -0.25) is 4.98 Å². The molecule has 1 heterocycles. The van der Waals surface area contributed by atoms with Gasteiger partial charge in [0.15, 0.2) is 0 Å². The van der Waals surface area contributed by atoms with Gasteiger partial charge in [0.05, 0.1) is 5.69 Å². The lowest BCUT2D eigenvalue weighted by Crippen LogP contribution is -2.04. The van der Waals surface area contributed by atoms with E-state index in [1.165, 1.54) is 59.9 Å². The summed E-state index contributed by atoms with van der Waals surface area (Å²) in [4.78, 5) is 4.73. The smallest absolute Gasteiger partial charge is 0.0705 e. The van der Waals surface area contributed by atoms with E-state index in [1.807, 2.05) is 6.20 Å². The fraction of sp³-hybridized carbons (Fsp3) is 0.292. The van der Waals surface area contributed by atoms with Gasteiger partial charge in [-0.15, -0.1) is 0 Å². The van der Waals surface area contributed by atoms with Gasteiger partial charge in [-0.2, -0.15) is 0 Å². The number of pyridine rings is 1. The van der Waals surface area contributed by atoms with Crippen molar-refractivity contribution in [3.8, 4) is 22.4 Å². The van der Waals surface area contributed by atoms with Gasteiger partial charge in [0.1, 0.15) is 0 Å². The van der Waals surface area contributed by atoms with Crippen molar-refractivity contribution < 1.29 is 0 Å². The third kappa shape index (κ3) is 3.51. The standard InChI is InChI=1S/C24H25N/c1-18-8-5-6-13-23(18)24-15-14-22(17-25-24)21-12-7-11-20(16-21)19-9-3-2-4-10-19/h5-8,11-17,19H,2-4,9-10H2,1H3. The molecule has 1 aliphatic carbocycles. The van der Waals surface area contributed by atoms with Crippen LogP contribution in [0.3, 0.4) is 0 Å². The fourth-order valence-corrected chi connectivity index (χ4v) is 3.99. The zero-order chi connectivity index (χ0) is 17.1. The third-order valence-electron chi connectivity index (χ3n) is 5.48. The summed E-state index contributed by atoms with van der Waals surface area (Å²) >= 11 is 0. The van der Waals surface area contributed by atoms with Gasteiger partial charge in [-0.25, -0.2) is 0 Å². The van der Waals surface area contributed by atoms with Gasteiger partial charge in [-0.05, 0) is 48.4 Å². The minimum atomic E-state index is 0.743. The molecule has 2 aromatic carbocycles. The number of aromatic nitrogens is 1. The average Bonchev–Trinajstić information content (AvgIpc) is 2.69. The number of hydrogen-bond donors (Lipinski definition) is 0. The molecular formula is C24H25N. The average molecular weight is 327 g/mol. The monoisotopic (exact) mass is 327 g/mol. The molecule has 1 saturated carbocycles. The Bertz CT molecular complexity index is 842. The summed E-state index contributed by atoms with van der Waals surface area (Å²) in [6, 6.07) is 21.9. The minimum Gasteiger partial charge on any atom is -0.256 e. The topological polar surface area (TPSA) is 12.9 Å². The highest BCUT2D eigenvalue weighted by Crippen LogP contribution is 2.34. The van der Waals surface area contributed by atoms with E-state index in [2.05, 4.69) is 67.6 Å². The second kappa shape index (κ2) is 7.23. The molecule has 0 radical (unpaired) electrons. The van der Waals surface area contributed by atoms with Gasteiger partial charge < -0.3 is 0 Å². The molecule has 1 heteroatoms. The highest BCUT2D eigenvalue weighted by atomic mass is 14.7. The summed E-state index contributed by atoms with van der Waals surface area (Å²) in [7, 11) is 0. The van der Waals surface area contributed by atoms with Gasteiger partial charge >= 0.3 is 0 Å². The molecule has 0 N–H and O–H groups in total. The Kier molecular flexibility index (Phi) is 4.65. The minimum absolute atomic E-state index is 0.743. The molecule has 0 spiro atoms. The van der Waals surface area contributed by atoms with Crippen molar-refractivity contribution in [2.24, 2.45) is 0 Å². The molecule has 4 rings (SSSR count). The van der Waals surface area contributed by atoms with Crippen LogP contribution in [-0.2, 0) is 0 Å². The molecule has 1 aliphatic rings. The first-order valence-corrected chi connectivity index (χ1v) is 9.44. The zero-order valence-corrected chi connectivity index (χ0v) is 14.9. The Balaban J connectivity index is 1.61. The third-order valence-corrected chi connectivity index (χ3v) is 5.48. The lowest BCUT2D eigenvalue weighted by Gasteiger charge is -2.22. The summed E-state index contributed by atoms with van der Waals surface area (Å²) in [5.74, 6) is 0.743. The van der Waals surface area contributed by atoms with Crippen LogP contribution in [0, 0.1) is 6.92 Å². The van der Waals surface area contributed by atoms with Crippen LogP contribution in [0.25, 0.3) is 22.4 Å². The molecule has 1 fully saturated rings. The van der Waals surface area contributed by atoms with Crippen molar-refractivity contribution in [3.63, 3.8) is 0 Å². The van der Waals surface area contributed by atoms with E-state index in [4.69, 9.17) is 4.98 Å². The highest BCUT2D eigenvalue weighted by molar-refractivity contribution is 5.68. The second-order valence-electron chi connectivity index (χ2n) is 7.21. The van der Waals surface area contributed by atoms with Crippen LogP contribution in [0.1, 0.15) is 49.1 Å². The Morgan fingerprint density at radius 1 is 0.800 bits per heavy atom. The van der Waals surface area contributed by atoms with Crippen molar-refractivity contribution >= 4 is 0 Å². The predicted octanol–water partition coefficient (Wildman–Crippen LogP) is 6.77. The summed E-state index contributed by atoms with van der Waals surface area (Å²) in [5, 5.41) is 0. The number of aryl methyl sites for hydroxylation is 1. The fourth-order valence-electron chi connectivity index (χ4n) is 3.99. The molecular weight excluding hydrogens is 302 g/mol. The van der Waals surface area contributed by atoms with Crippen LogP contribution in [0.15, 0.2) is 66.9 Å². The molecule has 0 unspecified atom stereocenters. The zero-order valence-electron chi connectivity index (χ0n) is 14.9. The molecule has 1 aromatic heterocycles. The number of rotatable bonds is 3. The van der Waals surface area contributed by atoms with Gasteiger partial charge in [0.2, 0.25) is 0 Å². The van der Waals surface area contributed by atoms with E-state index >= 15 is 0 Å². The van der Waals surface area contributed by atoms with Crippen LogP contribution in [-0.4, -0.2) is 4.98 Å². The van der Waals surface area contributed by atoms with Crippen LogP contribution in [0.2, 0.25) is 0 Å². The first kappa shape index (κ1) is 16.1. The predicted molar refractivity (Wildman–Crippen MR) is 106 cm³/mol. The summed E-state index contributed by atoms with van der Waals surface area (Å²) in [6.07, 6.45) is 8.85. The Hall–Kier alpha value is -2.41. The highest BCUT2D eigenvalue weighted by Gasteiger charge is 2.15. The summed E-state index contributed by atoms with van der Waals surface area (Å²) in [6.45, 7) is 2.14. The van der Waals surface area contributed by atoms with Crippen LogP contribution in [0.4, 0.5) is 0 Å². The normalized spacial score (nSPS) is 15.2. The molecule has 0 aliphatic heterocycles. The Labute approximate surface area is 150 Å². The molecule has 126 valence electrons. The molecule has 1 nitrogen and oxygen atoms in total. The maximum absolute atomic E-state index is 4.73. The van der Waals surface area contributed by atoms with Gasteiger partial charge in [0.25, 0.3) is 0 Å². The quantitative estimate of drug-likeness (QED) is 0.517.